The van der Waals surface area contributed by atoms with Crippen LogP contribution in [-0.4, -0.2) is 48.1 Å². The summed E-state index contributed by atoms with van der Waals surface area (Å²) in [5.74, 6) is 2.18. The normalized spacial score (nSPS) is 20.6. The summed E-state index contributed by atoms with van der Waals surface area (Å²) in [5.41, 5.74) is 1.19. The minimum atomic E-state index is 0.0608. The standard InChI is InChI=1S/C21H25N3O2/c1-16-6-4-8-18(12-16)26-19-14-24(15-19)21(25)17-7-5-11-23(13-17)20-9-2-3-10-22-20/h2-4,6,8-10,12,17,19H,5,7,11,13-15H2,1H3/t17-/m0/s1. The number of anilines is 1. The third-order valence-electron chi connectivity index (χ3n) is 5.20. The van der Waals surface area contributed by atoms with Gasteiger partial charge in [-0.05, 0) is 49.6 Å². The zero-order valence-electron chi connectivity index (χ0n) is 15.2. The van der Waals surface area contributed by atoms with E-state index in [1.165, 1.54) is 5.56 Å². The Morgan fingerprint density at radius 1 is 1.15 bits per heavy atom. The minimum absolute atomic E-state index is 0.0608. The molecule has 2 aliphatic heterocycles. The Balaban J connectivity index is 1.30. The lowest BCUT2D eigenvalue weighted by atomic mass is 9.95. The maximum absolute atomic E-state index is 12.8. The monoisotopic (exact) mass is 351 g/mol. The minimum Gasteiger partial charge on any atom is -0.487 e. The number of hydrogen-bond acceptors (Lipinski definition) is 4. The predicted octanol–water partition coefficient (Wildman–Crippen LogP) is 2.90. The highest BCUT2D eigenvalue weighted by Gasteiger charge is 2.37. The number of carbonyl (C=O) groups is 1. The van der Waals surface area contributed by atoms with E-state index in [1.807, 2.05) is 47.5 Å². The van der Waals surface area contributed by atoms with Gasteiger partial charge in [0.1, 0.15) is 17.7 Å². The molecule has 2 aliphatic rings. The van der Waals surface area contributed by atoms with Crippen molar-refractivity contribution in [3.63, 3.8) is 0 Å². The van der Waals surface area contributed by atoms with Crippen LogP contribution in [-0.2, 0) is 4.79 Å². The molecule has 2 saturated heterocycles. The molecule has 5 heteroatoms. The van der Waals surface area contributed by atoms with Crippen molar-refractivity contribution in [2.45, 2.75) is 25.9 Å². The molecule has 2 aromatic rings. The van der Waals surface area contributed by atoms with Crippen molar-refractivity contribution < 1.29 is 9.53 Å². The van der Waals surface area contributed by atoms with E-state index in [0.717, 1.165) is 37.5 Å². The maximum Gasteiger partial charge on any atom is 0.227 e. The van der Waals surface area contributed by atoms with E-state index >= 15 is 0 Å². The second-order valence-electron chi connectivity index (χ2n) is 7.27. The largest absolute Gasteiger partial charge is 0.487 e. The highest BCUT2D eigenvalue weighted by Crippen LogP contribution is 2.26. The molecule has 26 heavy (non-hydrogen) atoms. The molecule has 0 N–H and O–H groups in total. The fourth-order valence-corrected chi connectivity index (χ4v) is 3.76. The number of benzene rings is 1. The van der Waals surface area contributed by atoms with Crippen LogP contribution in [0.1, 0.15) is 18.4 Å². The first-order valence-electron chi connectivity index (χ1n) is 9.37. The lowest BCUT2D eigenvalue weighted by molar-refractivity contribution is -0.144. The van der Waals surface area contributed by atoms with Gasteiger partial charge in [0, 0.05) is 19.3 Å². The third kappa shape index (κ3) is 3.66. The molecule has 3 heterocycles. The van der Waals surface area contributed by atoms with Gasteiger partial charge in [-0.25, -0.2) is 4.98 Å². The van der Waals surface area contributed by atoms with Crippen molar-refractivity contribution in [2.75, 3.05) is 31.1 Å². The molecule has 0 radical (unpaired) electrons. The molecule has 1 atom stereocenters. The molecule has 0 unspecified atom stereocenters. The van der Waals surface area contributed by atoms with Crippen LogP contribution >= 0.6 is 0 Å². The number of ether oxygens (including phenoxy) is 1. The van der Waals surface area contributed by atoms with Gasteiger partial charge in [0.25, 0.3) is 0 Å². The predicted molar refractivity (Wildman–Crippen MR) is 101 cm³/mol. The summed E-state index contributed by atoms with van der Waals surface area (Å²) < 4.78 is 5.98. The van der Waals surface area contributed by atoms with Gasteiger partial charge in [-0.2, -0.15) is 0 Å². The molecule has 0 aliphatic carbocycles. The van der Waals surface area contributed by atoms with Crippen molar-refractivity contribution in [2.24, 2.45) is 5.92 Å². The van der Waals surface area contributed by atoms with Gasteiger partial charge >= 0.3 is 0 Å². The Hall–Kier alpha value is -2.56. The Bertz CT molecular complexity index is 759. The van der Waals surface area contributed by atoms with E-state index in [0.29, 0.717) is 13.1 Å². The van der Waals surface area contributed by atoms with Gasteiger partial charge in [0.2, 0.25) is 5.91 Å². The van der Waals surface area contributed by atoms with E-state index in [4.69, 9.17) is 4.74 Å². The number of amides is 1. The number of aromatic nitrogens is 1. The maximum atomic E-state index is 12.8. The number of likely N-dealkylation sites (tertiary alicyclic amines) is 1. The highest BCUT2D eigenvalue weighted by atomic mass is 16.5. The number of pyridine rings is 1. The van der Waals surface area contributed by atoms with Crippen LogP contribution in [0.3, 0.4) is 0 Å². The molecule has 0 spiro atoms. The summed E-state index contributed by atoms with van der Waals surface area (Å²) in [7, 11) is 0. The number of hydrogen-bond donors (Lipinski definition) is 0. The Kier molecular flexibility index (Phi) is 4.78. The van der Waals surface area contributed by atoms with Crippen molar-refractivity contribution in [3.8, 4) is 5.75 Å². The van der Waals surface area contributed by atoms with Gasteiger partial charge < -0.3 is 14.5 Å². The van der Waals surface area contributed by atoms with E-state index in [1.54, 1.807) is 0 Å². The average Bonchev–Trinajstić information content (AvgIpc) is 2.65. The van der Waals surface area contributed by atoms with E-state index < -0.39 is 0 Å². The molecule has 0 saturated carbocycles. The average molecular weight is 351 g/mol. The Labute approximate surface area is 154 Å². The molecular weight excluding hydrogens is 326 g/mol. The van der Waals surface area contributed by atoms with Gasteiger partial charge in [-0.1, -0.05) is 18.2 Å². The summed E-state index contributed by atoms with van der Waals surface area (Å²) in [5, 5.41) is 0. The first-order valence-corrected chi connectivity index (χ1v) is 9.37. The third-order valence-corrected chi connectivity index (χ3v) is 5.20. The number of aryl methyl sites for hydroxylation is 1. The SMILES string of the molecule is Cc1cccc(OC2CN(C(=O)[C@H]3CCCN(c4ccccn4)C3)C2)c1. The summed E-state index contributed by atoms with van der Waals surface area (Å²) in [6.07, 6.45) is 3.91. The Morgan fingerprint density at radius 2 is 2.04 bits per heavy atom. The number of nitrogens with zero attached hydrogens (tertiary/aromatic N) is 3. The molecule has 136 valence electrons. The molecule has 5 nitrogen and oxygen atoms in total. The lowest BCUT2D eigenvalue weighted by Crippen LogP contribution is -2.59. The van der Waals surface area contributed by atoms with E-state index in [-0.39, 0.29) is 17.9 Å². The number of carbonyl (C=O) groups excluding carboxylic acids is 1. The zero-order valence-corrected chi connectivity index (χ0v) is 15.2. The fourth-order valence-electron chi connectivity index (χ4n) is 3.76. The van der Waals surface area contributed by atoms with Crippen LogP contribution in [0.15, 0.2) is 48.7 Å². The van der Waals surface area contributed by atoms with Crippen molar-refractivity contribution in [1.82, 2.24) is 9.88 Å². The van der Waals surface area contributed by atoms with E-state index in [2.05, 4.69) is 22.9 Å². The van der Waals surface area contributed by atoms with Crippen LogP contribution in [0.2, 0.25) is 0 Å². The van der Waals surface area contributed by atoms with Crippen molar-refractivity contribution in [3.05, 3.63) is 54.2 Å². The molecule has 4 rings (SSSR count). The molecule has 1 amide bonds. The van der Waals surface area contributed by atoms with Gasteiger partial charge in [-0.3, -0.25) is 4.79 Å². The molecular formula is C21H25N3O2. The first kappa shape index (κ1) is 16.9. The summed E-state index contributed by atoms with van der Waals surface area (Å²) in [6.45, 7) is 5.16. The van der Waals surface area contributed by atoms with Gasteiger partial charge in [-0.15, -0.1) is 0 Å². The second kappa shape index (κ2) is 7.36. The first-order chi connectivity index (χ1) is 12.7. The van der Waals surface area contributed by atoms with Crippen molar-refractivity contribution >= 4 is 11.7 Å². The summed E-state index contributed by atoms with van der Waals surface area (Å²) >= 11 is 0. The molecule has 2 fully saturated rings. The lowest BCUT2D eigenvalue weighted by Gasteiger charge is -2.42. The van der Waals surface area contributed by atoms with Gasteiger partial charge in [0.05, 0.1) is 19.0 Å². The van der Waals surface area contributed by atoms with Crippen LogP contribution in [0, 0.1) is 12.8 Å². The van der Waals surface area contributed by atoms with E-state index in [9.17, 15) is 4.79 Å². The van der Waals surface area contributed by atoms with Crippen molar-refractivity contribution in [1.29, 1.82) is 0 Å². The van der Waals surface area contributed by atoms with Crippen LogP contribution in [0.25, 0.3) is 0 Å². The fraction of sp³-hybridized carbons (Fsp3) is 0.429. The Morgan fingerprint density at radius 3 is 2.81 bits per heavy atom. The topological polar surface area (TPSA) is 45.7 Å². The number of piperidine rings is 1. The molecule has 1 aromatic heterocycles. The summed E-state index contributed by atoms with van der Waals surface area (Å²) in [4.78, 5) is 21.4. The zero-order chi connectivity index (χ0) is 17.9. The molecule has 1 aromatic carbocycles. The smallest absolute Gasteiger partial charge is 0.227 e. The summed E-state index contributed by atoms with van der Waals surface area (Å²) in [6, 6.07) is 14.0. The van der Waals surface area contributed by atoms with Crippen LogP contribution in [0.4, 0.5) is 5.82 Å². The van der Waals surface area contributed by atoms with Gasteiger partial charge in [0.15, 0.2) is 0 Å². The second-order valence-corrected chi connectivity index (χ2v) is 7.27. The number of rotatable bonds is 4. The van der Waals surface area contributed by atoms with Crippen LogP contribution in [0.5, 0.6) is 5.75 Å². The quantitative estimate of drug-likeness (QED) is 0.850. The highest BCUT2D eigenvalue weighted by molar-refractivity contribution is 5.80. The molecule has 0 bridgehead atoms. The van der Waals surface area contributed by atoms with Crippen LogP contribution < -0.4 is 9.64 Å².